The van der Waals surface area contributed by atoms with Gasteiger partial charge in [-0.1, -0.05) is 17.7 Å². The topological polar surface area (TPSA) is 49.9 Å². The molecule has 5 nitrogen and oxygen atoms in total. The number of hydrogen-bond acceptors (Lipinski definition) is 4. The second-order valence-corrected chi connectivity index (χ2v) is 5.64. The second kappa shape index (κ2) is 9.20. The van der Waals surface area contributed by atoms with Gasteiger partial charge in [-0.3, -0.25) is 9.59 Å². The molecule has 0 aliphatic heterocycles. The Bertz CT molecular complexity index is 483. The third-order valence-corrected chi connectivity index (χ3v) is 3.43. The minimum atomic E-state index is -0.297. The molecule has 1 rings (SSSR count). The van der Waals surface area contributed by atoms with E-state index in [9.17, 15) is 9.59 Å². The number of benzene rings is 1. The van der Waals surface area contributed by atoms with Gasteiger partial charge in [0.2, 0.25) is 0 Å². The van der Waals surface area contributed by atoms with Gasteiger partial charge in [0, 0.05) is 18.7 Å². The van der Waals surface area contributed by atoms with Gasteiger partial charge in [-0.15, -0.1) is 0 Å². The van der Waals surface area contributed by atoms with E-state index in [1.807, 2.05) is 45.3 Å². The molecular formula is C17H26N2O3. The average molecular weight is 306 g/mol. The van der Waals surface area contributed by atoms with Crippen LogP contribution in [0, 0.1) is 6.92 Å². The molecule has 0 unspecified atom stereocenters. The highest BCUT2D eigenvalue weighted by Gasteiger charge is 2.16. The zero-order chi connectivity index (χ0) is 16.5. The lowest BCUT2D eigenvalue weighted by Gasteiger charge is -2.23. The van der Waals surface area contributed by atoms with E-state index in [2.05, 4.69) is 9.64 Å². The number of carbonyl (C=O) groups excluding carboxylic acids is 2. The fourth-order valence-corrected chi connectivity index (χ4v) is 2.10. The highest BCUT2D eigenvalue weighted by Crippen LogP contribution is 2.09. The molecule has 0 saturated heterocycles. The standard InChI is InChI=1S/C17H26N2O3/c1-14-6-8-15(9-7-14)17(21)19(12-5-11-18(2)3)13-10-16(20)22-4/h6-9H,5,10-13H2,1-4H3. The molecule has 0 radical (unpaired) electrons. The van der Waals surface area contributed by atoms with E-state index in [1.54, 1.807) is 4.90 Å². The molecule has 0 atom stereocenters. The summed E-state index contributed by atoms with van der Waals surface area (Å²) in [4.78, 5) is 27.7. The predicted molar refractivity (Wildman–Crippen MR) is 86.9 cm³/mol. The van der Waals surface area contributed by atoms with Crippen molar-refractivity contribution in [2.45, 2.75) is 19.8 Å². The zero-order valence-electron chi connectivity index (χ0n) is 14.0. The molecule has 22 heavy (non-hydrogen) atoms. The van der Waals surface area contributed by atoms with Gasteiger partial charge in [0.15, 0.2) is 0 Å². The third kappa shape index (κ3) is 6.26. The molecule has 0 aliphatic carbocycles. The van der Waals surface area contributed by atoms with Gasteiger partial charge in [-0.2, -0.15) is 0 Å². The van der Waals surface area contributed by atoms with Gasteiger partial charge in [-0.05, 0) is 46.1 Å². The van der Waals surface area contributed by atoms with E-state index in [0.29, 0.717) is 18.7 Å². The van der Waals surface area contributed by atoms with Crippen LogP contribution in [0.15, 0.2) is 24.3 Å². The van der Waals surface area contributed by atoms with Crippen molar-refractivity contribution in [2.75, 3.05) is 40.8 Å². The van der Waals surface area contributed by atoms with Crippen molar-refractivity contribution in [3.8, 4) is 0 Å². The summed E-state index contributed by atoms with van der Waals surface area (Å²) in [7, 11) is 5.36. The van der Waals surface area contributed by atoms with Crippen LogP contribution in [0.2, 0.25) is 0 Å². The molecule has 1 amide bonds. The lowest BCUT2D eigenvalue weighted by atomic mass is 10.1. The summed E-state index contributed by atoms with van der Waals surface area (Å²) in [6, 6.07) is 7.50. The normalized spacial score (nSPS) is 10.6. The van der Waals surface area contributed by atoms with E-state index in [4.69, 9.17) is 0 Å². The average Bonchev–Trinajstić information content (AvgIpc) is 2.50. The van der Waals surface area contributed by atoms with Crippen LogP contribution in [0.1, 0.15) is 28.8 Å². The first-order valence-electron chi connectivity index (χ1n) is 7.51. The fraction of sp³-hybridized carbons (Fsp3) is 0.529. The second-order valence-electron chi connectivity index (χ2n) is 5.64. The molecule has 1 aromatic rings. The number of methoxy groups -OCH3 is 1. The van der Waals surface area contributed by atoms with Crippen LogP contribution in [0.4, 0.5) is 0 Å². The minimum absolute atomic E-state index is 0.0392. The molecule has 0 N–H and O–H groups in total. The summed E-state index contributed by atoms with van der Waals surface area (Å²) < 4.78 is 4.66. The summed E-state index contributed by atoms with van der Waals surface area (Å²) >= 11 is 0. The van der Waals surface area contributed by atoms with Crippen LogP contribution in [0.5, 0.6) is 0 Å². The first-order chi connectivity index (χ1) is 10.4. The number of amides is 1. The maximum absolute atomic E-state index is 12.6. The number of aryl methyl sites for hydroxylation is 1. The Balaban J connectivity index is 2.71. The van der Waals surface area contributed by atoms with Crippen molar-refractivity contribution < 1.29 is 14.3 Å². The predicted octanol–water partition coefficient (Wildman–Crippen LogP) is 1.95. The SMILES string of the molecule is COC(=O)CCN(CCCN(C)C)C(=O)c1ccc(C)cc1. The van der Waals surface area contributed by atoms with Crippen molar-refractivity contribution >= 4 is 11.9 Å². The molecule has 0 aromatic heterocycles. The number of carbonyl (C=O) groups is 2. The van der Waals surface area contributed by atoms with Crippen molar-refractivity contribution in [1.82, 2.24) is 9.80 Å². The van der Waals surface area contributed by atoms with Crippen LogP contribution in [0.3, 0.4) is 0 Å². The van der Waals surface area contributed by atoms with Gasteiger partial charge in [0.1, 0.15) is 0 Å². The molecule has 0 heterocycles. The van der Waals surface area contributed by atoms with Gasteiger partial charge in [0.25, 0.3) is 5.91 Å². The van der Waals surface area contributed by atoms with Crippen LogP contribution in [-0.4, -0.2) is 62.5 Å². The molecule has 0 fully saturated rings. The largest absolute Gasteiger partial charge is 0.469 e. The molecule has 0 aliphatic rings. The van der Waals surface area contributed by atoms with Crippen LogP contribution in [-0.2, 0) is 9.53 Å². The maximum atomic E-state index is 12.6. The van der Waals surface area contributed by atoms with E-state index in [-0.39, 0.29) is 18.3 Å². The van der Waals surface area contributed by atoms with E-state index >= 15 is 0 Å². The number of rotatable bonds is 8. The Labute approximate surface area is 132 Å². The van der Waals surface area contributed by atoms with E-state index < -0.39 is 0 Å². The Kier molecular flexibility index (Phi) is 7.60. The highest BCUT2D eigenvalue weighted by molar-refractivity contribution is 5.94. The van der Waals surface area contributed by atoms with Crippen molar-refractivity contribution in [3.05, 3.63) is 35.4 Å². The van der Waals surface area contributed by atoms with Crippen LogP contribution in [0.25, 0.3) is 0 Å². The van der Waals surface area contributed by atoms with Crippen LogP contribution < -0.4 is 0 Å². The summed E-state index contributed by atoms with van der Waals surface area (Å²) in [5, 5.41) is 0. The number of esters is 1. The number of nitrogens with zero attached hydrogens (tertiary/aromatic N) is 2. The van der Waals surface area contributed by atoms with E-state index in [1.165, 1.54) is 7.11 Å². The lowest BCUT2D eigenvalue weighted by molar-refractivity contribution is -0.140. The van der Waals surface area contributed by atoms with Gasteiger partial charge >= 0.3 is 5.97 Å². The number of hydrogen-bond donors (Lipinski definition) is 0. The first kappa shape index (κ1) is 18.2. The Morgan fingerprint density at radius 2 is 1.68 bits per heavy atom. The zero-order valence-corrected chi connectivity index (χ0v) is 14.0. The molecule has 5 heteroatoms. The van der Waals surface area contributed by atoms with Gasteiger partial charge in [-0.25, -0.2) is 0 Å². The molecule has 0 bridgehead atoms. The summed E-state index contributed by atoms with van der Waals surface area (Å²) in [6.45, 7) is 3.89. The quantitative estimate of drug-likeness (QED) is 0.689. The third-order valence-electron chi connectivity index (χ3n) is 3.43. The summed E-state index contributed by atoms with van der Waals surface area (Å²) in [6.07, 6.45) is 1.09. The fourth-order valence-electron chi connectivity index (χ4n) is 2.10. The maximum Gasteiger partial charge on any atom is 0.307 e. The summed E-state index contributed by atoms with van der Waals surface area (Å²) in [5.74, 6) is -0.336. The molecule has 0 spiro atoms. The summed E-state index contributed by atoms with van der Waals surface area (Å²) in [5.41, 5.74) is 1.77. The van der Waals surface area contributed by atoms with Gasteiger partial charge < -0.3 is 14.5 Å². The van der Waals surface area contributed by atoms with Gasteiger partial charge in [0.05, 0.1) is 13.5 Å². The van der Waals surface area contributed by atoms with Crippen molar-refractivity contribution in [1.29, 1.82) is 0 Å². The highest BCUT2D eigenvalue weighted by atomic mass is 16.5. The Morgan fingerprint density at radius 3 is 2.23 bits per heavy atom. The monoisotopic (exact) mass is 306 g/mol. The number of ether oxygens (including phenoxy) is 1. The molecule has 1 aromatic carbocycles. The Hall–Kier alpha value is -1.88. The lowest BCUT2D eigenvalue weighted by Crippen LogP contribution is -2.35. The molecule has 0 saturated carbocycles. The molecule has 122 valence electrons. The van der Waals surface area contributed by atoms with Crippen molar-refractivity contribution in [3.63, 3.8) is 0 Å². The van der Waals surface area contributed by atoms with Crippen LogP contribution >= 0.6 is 0 Å². The smallest absolute Gasteiger partial charge is 0.307 e. The molecular weight excluding hydrogens is 280 g/mol. The van der Waals surface area contributed by atoms with E-state index in [0.717, 1.165) is 18.5 Å². The van der Waals surface area contributed by atoms with Crippen molar-refractivity contribution in [2.24, 2.45) is 0 Å². The minimum Gasteiger partial charge on any atom is -0.469 e. The first-order valence-corrected chi connectivity index (χ1v) is 7.51. The Morgan fingerprint density at radius 1 is 1.05 bits per heavy atom.